The fraction of sp³-hybridized carbons (Fsp3) is 0.533. The molecule has 0 saturated heterocycles. The minimum Gasteiger partial charge on any atom is -0.322 e. The summed E-state index contributed by atoms with van der Waals surface area (Å²) in [6.07, 6.45) is 7.88. The third-order valence-electron chi connectivity index (χ3n) is 7.73. The van der Waals surface area contributed by atoms with E-state index in [9.17, 15) is 9.59 Å². The predicted octanol–water partition coefficient (Wildman–Crippen LogP) is 4.49. The van der Waals surface area contributed by atoms with Crippen LogP contribution in [0.2, 0.25) is 0 Å². The molecule has 0 unspecified atom stereocenters. The Balaban J connectivity index is 1.40. The van der Waals surface area contributed by atoms with E-state index in [0.717, 1.165) is 49.2 Å². The average molecular weight is 517 g/mol. The molecule has 3 aromatic rings. The van der Waals surface area contributed by atoms with Crippen LogP contribution in [0.1, 0.15) is 80.7 Å². The van der Waals surface area contributed by atoms with E-state index in [4.69, 9.17) is 0 Å². The van der Waals surface area contributed by atoms with Crippen molar-refractivity contribution in [3.05, 3.63) is 75.7 Å². The Morgan fingerprint density at radius 3 is 2.58 bits per heavy atom. The molecule has 5 rings (SSSR count). The van der Waals surface area contributed by atoms with Gasteiger partial charge in [-0.2, -0.15) is 0 Å². The Labute approximate surface area is 224 Å². The van der Waals surface area contributed by atoms with Crippen molar-refractivity contribution in [2.45, 2.75) is 71.9 Å². The number of pyridine rings is 1. The second-order valence-corrected chi connectivity index (χ2v) is 12.7. The van der Waals surface area contributed by atoms with Gasteiger partial charge in [-0.15, -0.1) is 10.2 Å². The van der Waals surface area contributed by atoms with Gasteiger partial charge < -0.3 is 19.8 Å². The van der Waals surface area contributed by atoms with Crippen LogP contribution in [0.5, 0.6) is 0 Å². The van der Waals surface area contributed by atoms with Crippen LogP contribution in [0.4, 0.5) is 5.69 Å². The van der Waals surface area contributed by atoms with E-state index >= 15 is 0 Å². The molecule has 2 aromatic heterocycles. The van der Waals surface area contributed by atoms with Gasteiger partial charge in [-0.3, -0.25) is 9.59 Å². The van der Waals surface area contributed by atoms with Crippen molar-refractivity contribution in [3.63, 3.8) is 0 Å². The minimum absolute atomic E-state index is 0.147. The number of benzene rings is 1. The van der Waals surface area contributed by atoms with E-state index in [2.05, 4.69) is 54.6 Å². The molecule has 2 aliphatic rings. The summed E-state index contributed by atoms with van der Waals surface area (Å²) in [5.74, 6) is 1.69. The van der Waals surface area contributed by atoms with Gasteiger partial charge in [-0.1, -0.05) is 39.8 Å². The molecule has 2 aliphatic carbocycles. The van der Waals surface area contributed by atoms with Crippen molar-refractivity contribution in [1.29, 1.82) is 0 Å². The van der Waals surface area contributed by atoms with Crippen LogP contribution in [-0.2, 0) is 25.6 Å². The van der Waals surface area contributed by atoms with Gasteiger partial charge in [-0.05, 0) is 72.3 Å². The molecule has 0 radical (unpaired) electrons. The van der Waals surface area contributed by atoms with Crippen molar-refractivity contribution in [3.8, 4) is 0 Å². The molecule has 0 spiro atoms. The molecule has 2 heterocycles. The normalized spacial score (nSPS) is 21.2. The lowest BCUT2D eigenvalue weighted by Gasteiger charge is -2.46. The Morgan fingerprint density at radius 2 is 1.95 bits per heavy atom. The fourth-order valence-corrected chi connectivity index (χ4v) is 5.74. The molecular formula is C30H40N6O2. The van der Waals surface area contributed by atoms with Gasteiger partial charge in [0, 0.05) is 38.6 Å². The number of hydrogen-bond acceptors (Lipinski definition) is 5. The highest BCUT2D eigenvalue weighted by molar-refractivity contribution is 6.04. The SMILES string of the molecule is CC1CC(c2cccc(NC(=O)c3cc(CNCC(C)(C)C)cn(CC4CC4)c3=O)c2)(c2nncn2C)C1. The number of nitrogens with zero attached hydrogens (tertiary/aromatic N) is 4. The summed E-state index contributed by atoms with van der Waals surface area (Å²) < 4.78 is 3.72. The van der Waals surface area contributed by atoms with E-state index in [1.807, 2.05) is 36.0 Å². The van der Waals surface area contributed by atoms with Crippen molar-refractivity contribution >= 4 is 11.6 Å². The predicted molar refractivity (Wildman–Crippen MR) is 149 cm³/mol. The highest BCUT2D eigenvalue weighted by atomic mass is 16.2. The Kier molecular flexibility index (Phi) is 7.03. The lowest BCUT2D eigenvalue weighted by atomic mass is 9.58. The molecular weight excluding hydrogens is 476 g/mol. The number of nitrogens with one attached hydrogen (secondary N) is 2. The molecule has 1 amide bonds. The van der Waals surface area contributed by atoms with Crippen molar-refractivity contribution in [2.24, 2.45) is 24.3 Å². The summed E-state index contributed by atoms with van der Waals surface area (Å²) in [4.78, 5) is 26.8. The monoisotopic (exact) mass is 516 g/mol. The number of carbonyl (C=O) groups is 1. The Morgan fingerprint density at radius 1 is 1.18 bits per heavy atom. The van der Waals surface area contributed by atoms with E-state index in [1.54, 1.807) is 17.0 Å². The second kappa shape index (κ2) is 10.1. The molecule has 2 saturated carbocycles. The first-order valence-electron chi connectivity index (χ1n) is 13.7. The molecule has 2 N–H and O–H groups in total. The number of rotatable bonds is 9. The van der Waals surface area contributed by atoms with Crippen molar-refractivity contribution in [1.82, 2.24) is 24.6 Å². The first-order chi connectivity index (χ1) is 18.0. The van der Waals surface area contributed by atoms with Crippen LogP contribution in [0.15, 0.2) is 47.7 Å². The first-order valence-corrected chi connectivity index (χ1v) is 13.7. The summed E-state index contributed by atoms with van der Waals surface area (Å²) in [6.45, 7) is 10.9. The quantitative estimate of drug-likeness (QED) is 0.437. The number of anilines is 1. The van der Waals surface area contributed by atoms with Gasteiger partial charge in [0.15, 0.2) is 0 Å². The van der Waals surface area contributed by atoms with Gasteiger partial charge in [-0.25, -0.2) is 0 Å². The van der Waals surface area contributed by atoms with Crippen LogP contribution in [-0.4, -0.2) is 31.8 Å². The van der Waals surface area contributed by atoms with E-state index in [-0.39, 0.29) is 27.9 Å². The summed E-state index contributed by atoms with van der Waals surface area (Å²) >= 11 is 0. The zero-order valence-electron chi connectivity index (χ0n) is 23.3. The van der Waals surface area contributed by atoms with Gasteiger partial charge in [0.1, 0.15) is 17.7 Å². The average Bonchev–Trinajstić information content (AvgIpc) is 3.55. The molecule has 38 heavy (non-hydrogen) atoms. The van der Waals surface area contributed by atoms with Gasteiger partial charge in [0.25, 0.3) is 11.5 Å². The fourth-order valence-electron chi connectivity index (χ4n) is 5.74. The summed E-state index contributed by atoms with van der Waals surface area (Å²) in [5.41, 5.74) is 2.61. The third kappa shape index (κ3) is 5.60. The third-order valence-corrected chi connectivity index (χ3v) is 7.73. The summed E-state index contributed by atoms with van der Waals surface area (Å²) in [7, 11) is 1.97. The lowest BCUT2D eigenvalue weighted by Crippen LogP contribution is -2.43. The molecule has 1 aromatic carbocycles. The molecule has 2 fully saturated rings. The van der Waals surface area contributed by atoms with Gasteiger partial charge in [0.05, 0.1) is 5.41 Å². The molecule has 8 heteroatoms. The van der Waals surface area contributed by atoms with Crippen LogP contribution >= 0.6 is 0 Å². The van der Waals surface area contributed by atoms with Crippen LogP contribution in [0, 0.1) is 17.3 Å². The highest BCUT2D eigenvalue weighted by Gasteiger charge is 2.48. The van der Waals surface area contributed by atoms with Crippen LogP contribution < -0.4 is 16.2 Å². The zero-order valence-corrected chi connectivity index (χ0v) is 23.3. The molecule has 0 atom stereocenters. The number of carbonyl (C=O) groups excluding carboxylic acids is 1. The number of aryl methyl sites for hydroxylation is 1. The number of hydrogen-bond donors (Lipinski definition) is 2. The minimum atomic E-state index is -0.371. The van der Waals surface area contributed by atoms with Crippen molar-refractivity contribution < 1.29 is 4.79 Å². The maximum atomic E-state index is 13.5. The smallest absolute Gasteiger partial charge is 0.263 e. The number of aromatic nitrogens is 4. The lowest BCUT2D eigenvalue weighted by molar-refractivity contribution is 0.102. The maximum absolute atomic E-state index is 13.5. The molecule has 8 nitrogen and oxygen atoms in total. The largest absolute Gasteiger partial charge is 0.322 e. The topological polar surface area (TPSA) is 93.8 Å². The van der Waals surface area contributed by atoms with E-state index in [0.29, 0.717) is 30.6 Å². The summed E-state index contributed by atoms with van der Waals surface area (Å²) in [6, 6.07) is 9.71. The van der Waals surface area contributed by atoms with Gasteiger partial charge >= 0.3 is 0 Å². The summed E-state index contributed by atoms with van der Waals surface area (Å²) in [5, 5.41) is 15.0. The van der Waals surface area contributed by atoms with Crippen LogP contribution in [0.25, 0.3) is 0 Å². The van der Waals surface area contributed by atoms with E-state index < -0.39 is 0 Å². The maximum Gasteiger partial charge on any atom is 0.263 e. The van der Waals surface area contributed by atoms with Crippen molar-refractivity contribution in [2.75, 3.05) is 11.9 Å². The Bertz CT molecular complexity index is 1370. The Hall–Kier alpha value is -3.26. The molecule has 202 valence electrons. The zero-order chi connectivity index (χ0) is 27.1. The van der Waals surface area contributed by atoms with Crippen LogP contribution in [0.3, 0.4) is 0 Å². The first kappa shape index (κ1) is 26.4. The van der Waals surface area contributed by atoms with Gasteiger partial charge in [0.2, 0.25) is 0 Å². The highest BCUT2D eigenvalue weighted by Crippen LogP contribution is 2.51. The van der Waals surface area contributed by atoms with E-state index in [1.165, 1.54) is 0 Å². The molecule has 0 aliphatic heterocycles. The standard InChI is InChI=1S/C30H40N6O2/c1-20-13-30(14-20,28-34-32-19-35(28)5)23-7-6-8-24(12-23)33-26(37)25-11-22(15-31-18-29(2,3)4)17-36(27(25)38)16-21-9-10-21/h6-8,11-12,17,19-21,31H,9-10,13-16,18H2,1-5H3,(H,33,37). The number of amides is 1. The molecule has 0 bridgehead atoms. The second-order valence-electron chi connectivity index (χ2n) is 12.7.